The first-order valence-corrected chi connectivity index (χ1v) is 17.3. The molecule has 10 nitrogen and oxygen atoms in total. The first-order valence-electron chi connectivity index (χ1n) is 16.9. The molecule has 6 rings (SSSR count). The van der Waals surface area contributed by atoms with Crippen molar-refractivity contribution in [3.05, 3.63) is 101 Å². The highest BCUT2D eigenvalue weighted by atomic mass is 35.5. The number of nitrogens with zero attached hydrogens (tertiary/aromatic N) is 1. The fraction of sp³-hybridized carbons (Fsp3) is 0.410. The molecule has 50 heavy (non-hydrogen) atoms. The van der Waals surface area contributed by atoms with Crippen molar-refractivity contribution < 1.29 is 43.1 Å². The molecule has 0 aliphatic carbocycles. The summed E-state index contributed by atoms with van der Waals surface area (Å²) >= 11 is 6.18. The standard InChI is InChI=1S/C39H44ClNO9/c1-39(2)49-25-30(50-39)24-48-36-22-41(38(42)43)21-35(47-23-26-19-28-9-4-5-10-31(28)34(20-26)44-3)37(36)27-13-15-29(16-14-27)45-17-8-18-46-33-12-7-6-11-32(33)40/h4-7,9-16,19-20,30,35-37H,8,17-18,21-25H2,1-3H3,(H,42,43)/t30-,35-,36+,37+/m0/s1. The van der Waals surface area contributed by atoms with Crippen molar-refractivity contribution >= 4 is 28.5 Å². The Hall–Kier alpha value is -4.06. The van der Waals surface area contributed by atoms with Crippen LogP contribution in [0, 0.1) is 0 Å². The summed E-state index contributed by atoms with van der Waals surface area (Å²) in [6, 6.07) is 27.3. The van der Waals surface area contributed by atoms with Crippen LogP contribution in [0.3, 0.4) is 0 Å². The van der Waals surface area contributed by atoms with Gasteiger partial charge in [0, 0.05) is 17.7 Å². The molecule has 0 bridgehead atoms. The molecule has 0 unspecified atom stereocenters. The Morgan fingerprint density at radius 2 is 1.64 bits per heavy atom. The number of halogens is 1. The number of ether oxygens (including phenoxy) is 7. The van der Waals surface area contributed by atoms with E-state index in [1.807, 2.05) is 86.6 Å². The number of amides is 1. The van der Waals surface area contributed by atoms with Crippen LogP contribution in [0.4, 0.5) is 4.79 Å². The van der Waals surface area contributed by atoms with Crippen LogP contribution >= 0.6 is 11.6 Å². The van der Waals surface area contributed by atoms with Gasteiger partial charge >= 0.3 is 6.09 Å². The first-order chi connectivity index (χ1) is 24.2. The first kappa shape index (κ1) is 35.8. The van der Waals surface area contributed by atoms with Crippen LogP contribution in [0.5, 0.6) is 17.2 Å². The fourth-order valence-electron chi connectivity index (χ4n) is 6.52. The highest BCUT2D eigenvalue weighted by molar-refractivity contribution is 6.32. The SMILES string of the molecule is COc1cc(CO[C@H]2CN(C(=O)O)C[C@@H](OC[C@H]3COC(C)(C)O3)[C@@H]2c2ccc(OCCCOc3ccccc3Cl)cc2)cc2ccccc12. The topological polar surface area (TPSA) is 105 Å². The number of benzene rings is 4. The molecule has 266 valence electrons. The Morgan fingerprint density at radius 1 is 0.920 bits per heavy atom. The smallest absolute Gasteiger partial charge is 0.407 e. The highest BCUT2D eigenvalue weighted by Gasteiger charge is 2.42. The van der Waals surface area contributed by atoms with E-state index >= 15 is 0 Å². The lowest BCUT2D eigenvalue weighted by atomic mass is 9.84. The summed E-state index contributed by atoms with van der Waals surface area (Å²) in [7, 11) is 1.65. The number of hydrogen-bond acceptors (Lipinski definition) is 8. The molecule has 2 fully saturated rings. The van der Waals surface area contributed by atoms with E-state index in [0.717, 1.165) is 27.6 Å². The average molecular weight is 706 g/mol. The quantitative estimate of drug-likeness (QED) is 0.133. The Labute approximate surface area is 297 Å². The number of methoxy groups -OCH3 is 1. The van der Waals surface area contributed by atoms with E-state index in [4.69, 9.17) is 44.8 Å². The Balaban J connectivity index is 1.18. The predicted molar refractivity (Wildman–Crippen MR) is 190 cm³/mol. The second-order valence-electron chi connectivity index (χ2n) is 13.0. The summed E-state index contributed by atoms with van der Waals surface area (Å²) in [5.74, 6) is 1.14. The van der Waals surface area contributed by atoms with Gasteiger partial charge in [0.1, 0.15) is 23.4 Å². The van der Waals surface area contributed by atoms with Crippen molar-refractivity contribution in [1.29, 1.82) is 0 Å². The summed E-state index contributed by atoms with van der Waals surface area (Å²) in [6.45, 7) is 5.94. The third-order valence-corrected chi connectivity index (χ3v) is 9.23. The Bertz CT molecular complexity index is 1730. The summed E-state index contributed by atoms with van der Waals surface area (Å²) in [5.41, 5.74) is 1.88. The van der Waals surface area contributed by atoms with Crippen molar-refractivity contribution in [2.45, 2.75) is 56.9 Å². The lowest BCUT2D eigenvalue weighted by molar-refractivity contribution is -0.153. The normalized spacial score (nSPS) is 21.6. The van der Waals surface area contributed by atoms with E-state index in [0.29, 0.717) is 42.8 Å². The van der Waals surface area contributed by atoms with Gasteiger partial charge in [-0.05, 0) is 66.8 Å². The van der Waals surface area contributed by atoms with Gasteiger partial charge < -0.3 is 43.2 Å². The predicted octanol–water partition coefficient (Wildman–Crippen LogP) is 7.55. The van der Waals surface area contributed by atoms with E-state index in [1.54, 1.807) is 13.2 Å². The summed E-state index contributed by atoms with van der Waals surface area (Å²) < 4.78 is 42.3. The lowest BCUT2D eigenvalue weighted by Gasteiger charge is -2.43. The van der Waals surface area contributed by atoms with Gasteiger partial charge in [-0.25, -0.2) is 4.79 Å². The van der Waals surface area contributed by atoms with Gasteiger partial charge in [-0.15, -0.1) is 0 Å². The van der Waals surface area contributed by atoms with E-state index in [1.165, 1.54) is 4.90 Å². The second kappa shape index (κ2) is 16.3. The largest absolute Gasteiger partial charge is 0.496 e. The molecule has 0 spiro atoms. The van der Waals surface area contributed by atoms with Gasteiger partial charge in [-0.3, -0.25) is 0 Å². The van der Waals surface area contributed by atoms with Crippen LogP contribution in [-0.2, 0) is 25.6 Å². The van der Waals surface area contributed by atoms with Crippen LogP contribution in [-0.4, -0.2) is 86.8 Å². The number of carbonyl (C=O) groups is 1. The van der Waals surface area contributed by atoms with E-state index in [-0.39, 0.29) is 38.3 Å². The van der Waals surface area contributed by atoms with Crippen molar-refractivity contribution in [3.63, 3.8) is 0 Å². The molecular weight excluding hydrogens is 662 g/mol. The summed E-state index contributed by atoms with van der Waals surface area (Å²) in [5, 5.41) is 12.7. The highest BCUT2D eigenvalue weighted by Crippen LogP contribution is 2.36. The van der Waals surface area contributed by atoms with Crippen LogP contribution in [0.1, 0.15) is 37.3 Å². The van der Waals surface area contributed by atoms with Gasteiger partial charge in [0.05, 0.1) is 70.5 Å². The van der Waals surface area contributed by atoms with Crippen LogP contribution in [0.15, 0.2) is 84.9 Å². The molecule has 11 heteroatoms. The third kappa shape index (κ3) is 8.99. The van der Waals surface area contributed by atoms with Crippen LogP contribution < -0.4 is 14.2 Å². The third-order valence-electron chi connectivity index (χ3n) is 8.92. The molecule has 1 N–H and O–H groups in total. The number of rotatable bonds is 14. The van der Waals surface area contributed by atoms with Crippen molar-refractivity contribution in [3.8, 4) is 17.2 Å². The molecule has 4 atom stereocenters. The molecule has 1 amide bonds. The monoisotopic (exact) mass is 705 g/mol. The van der Waals surface area contributed by atoms with E-state index < -0.39 is 24.1 Å². The van der Waals surface area contributed by atoms with Crippen molar-refractivity contribution in [1.82, 2.24) is 4.90 Å². The summed E-state index contributed by atoms with van der Waals surface area (Å²) in [6.07, 6.45) is -1.63. The number of likely N-dealkylation sites (tertiary alicyclic amines) is 1. The van der Waals surface area contributed by atoms with Gasteiger partial charge in [0.15, 0.2) is 5.79 Å². The van der Waals surface area contributed by atoms with Crippen molar-refractivity contribution in [2.24, 2.45) is 0 Å². The maximum Gasteiger partial charge on any atom is 0.407 e. The zero-order valence-electron chi connectivity index (χ0n) is 28.6. The van der Waals surface area contributed by atoms with Crippen LogP contribution in [0.2, 0.25) is 5.02 Å². The Kier molecular flexibility index (Phi) is 11.7. The lowest BCUT2D eigenvalue weighted by Crippen LogP contribution is -2.54. The Morgan fingerprint density at radius 3 is 2.36 bits per heavy atom. The minimum absolute atomic E-state index is 0.185. The molecule has 2 heterocycles. The molecule has 2 saturated heterocycles. The fourth-order valence-corrected chi connectivity index (χ4v) is 6.71. The molecule has 2 aliphatic rings. The minimum Gasteiger partial charge on any atom is -0.496 e. The second-order valence-corrected chi connectivity index (χ2v) is 13.4. The average Bonchev–Trinajstić information content (AvgIpc) is 3.48. The molecule has 0 radical (unpaired) electrons. The molecule has 2 aliphatic heterocycles. The number of hydrogen-bond donors (Lipinski definition) is 1. The van der Waals surface area contributed by atoms with Gasteiger partial charge in [0.25, 0.3) is 0 Å². The molecule has 0 saturated carbocycles. The molecule has 4 aromatic carbocycles. The summed E-state index contributed by atoms with van der Waals surface area (Å²) in [4.78, 5) is 13.7. The zero-order chi connectivity index (χ0) is 35.1. The zero-order valence-corrected chi connectivity index (χ0v) is 29.3. The maximum absolute atomic E-state index is 12.3. The van der Waals surface area contributed by atoms with Crippen LogP contribution in [0.25, 0.3) is 10.8 Å². The van der Waals surface area contributed by atoms with Gasteiger partial charge in [0.2, 0.25) is 0 Å². The number of para-hydroxylation sites is 1. The van der Waals surface area contributed by atoms with Crippen molar-refractivity contribution in [2.75, 3.05) is 46.6 Å². The molecular formula is C39H44ClNO9. The van der Waals surface area contributed by atoms with Gasteiger partial charge in [-0.1, -0.05) is 60.1 Å². The molecule has 4 aromatic rings. The molecule has 0 aromatic heterocycles. The van der Waals surface area contributed by atoms with E-state index in [9.17, 15) is 9.90 Å². The van der Waals surface area contributed by atoms with Gasteiger partial charge in [-0.2, -0.15) is 0 Å². The number of piperidine rings is 1. The van der Waals surface area contributed by atoms with E-state index in [2.05, 4.69) is 6.07 Å². The number of carboxylic acid groups (broad SMARTS) is 1. The maximum atomic E-state index is 12.3. The number of fused-ring (bicyclic) bond motifs is 1. The minimum atomic E-state index is -1.03.